The third-order valence-electron chi connectivity index (χ3n) is 4.95. The first-order chi connectivity index (χ1) is 14.7. The standard InChI is InChI=1S/C25H28N2O2S/c28-23(17-16-21-10-9-18-26-20-21)13-5-2-8-19-27-30(29)25-15-7-6-14-24(25)22-11-3-1-4-12-22/h1,3-4,6-7,9-12,14-15,18,20,27H,2,5,8,13,16-17,19H2. The Morgan fingerprint density at radius 2 is 1.67 bits per heavy atom. The van der Waals surface area contributed by atoms with Crippen molar-refractivity contribution in [2.75, 3.05) is 6.54 Å². The lowest BCUT2D eigenvalue weighted by Crippen LogP contribution is -2.19. The van der Waals surface area contributed by atoms with Crippen LogP contribution in [0.3, 0.4) is 0 Å². The molecule has 3 rings (SSSR count). The average molecular weight is 421 g/mol. The van der Waals surface area contributed by atoms with Crippen LogP contribution in [0.2, 0.25) is 0 Å². The topological polar surface area (TPSA) is 59.1 Å². The molecular formula is C25H28N2O2S. The van der Waals surface area contributed by atoms with Crippen molar-refractivity contribution in [1.29, 1.82) is 0 Å². The predicted octanol–water partition coefficient (Wildman–Crippen LogP) is 5.12. The molecule has 156 valence electrons. The second-order valence-electron chi connectivity index (χ2n) is 7.24. The van der Waals surface area contributed by atoms with Gasteiger partial charge in [-0.2, -0.15) is 0 Å². The Hall–Kier alpha value is -2.63. The molecule has 1 aromatic heterocycles. The van der Waals surface area contributed by atoms with E-state index in [9.17, 15) is 9.00 Å². The van der Waals surface area contributed by atoms with Gasteiger partial charge < -0.3 is 0 Å². The van der Waals surface area contributed by atoms with E-state index in [4.69, 9.17) is 0 Å². The molecule has 5 heteroatoms. The van der Waals surface area contributed by atoms with Crippen molar-refractivity contribution in [3.63, 3.8) is 0 Å². The highest BCUT2D eigenvalue weighted by molar-refractivity contribution is 7.83. The van der Waals surface area contributed by atoms with Crippen LogP contribution >= 0.6 is 0 Å². The zero-order valence-corrected chi connectivity index (χ0v) is 17.9. The van der Waals surface area contributed by atoms with E-state index in [1.54, 1.807) is 6.20 Å². The van der Waals surface area contributed by atoms with E-state index in [0.717, 1.165) is 47.3 Å². The second-order valence-corrected chi connectivity index (χ2v) is 8.50. The van der Waals surface area contributed by atoms with E-state index >= 15 is 0 Å². The number of benzene rings is 2. The third kappa shape index (κ3) is 7.01. The summed E-state index contributed by atoms with van der Waals surface area (Å²) in [6.45, 7) is 0.666. The SMILES string of the molecule is O=C(CCCCCNS(=O)c1ccccc1-c1ccccc1)CCc1cccnc1. The zero-order valence-electron chi connectivity index (χ0n) is 17.1. The summed E-state index contributed by atoms with van der Waals surface area (Å²) in [6.07, 6.45) is 8.22. The van der Waals surface area contributed by atoms with Gasteiger partial charge in [0.25, 0.3) is 0 Å². The van der Waals surface area contributed by atoms with Gasteiger partial charge in [0.05, 0.1) is 4.90 Å². The lowest BCUT2D eigenvalue weighted by molar-refractivity contribution is -0.119. The van der Waals surface area contributed by atoms with Crippen LogP contribution in [0.4, 0.5) is 0 Å². The summed E-state index contributed by atoms with van der Waals surface area (Å²) in [5.41, 5.74) is 3.16. The Labute approximate surface area is 181 Å². The number of hydrogen-bond donors (Lipinski definition) is 1. The van der Waals surface area contributed by atoms with E-state index in [2.05, 4.69) is 9.71 Å². The van der Waals surface area contributed by atoms with Crippen molar-refractivity contribution in [1.82, 2.24) is 9.71 Å². The van der Waals surface area contributed by atoms with Crippen LogP contribution in [-0.4, -0.2) is 21.5 Å². The molecule has 0 aliphatic carbocycles. The first-order valence-corrected chi connectivity index (χ1v) is 11.6. The number of rotatable bonds is 12. The Morgan fingerprint density at radius 1 is 0.867 bits per heavy atom. The van der Waals surface area contributed by atoms with Gasteiger partial charge in [0.2, 0.25) is 0 Å². The first kappa shape index (κ1) is 22.1. The maximum absolute atomic E-state index is 12.7. The number of carbonyl (C=O) groups is 1. The van der Waals surface area contributed by atoms with E-state index in [1.807, 2.05) is 72.9 Å². The van der Waals surface area contributed by atoms with Crippen molar-refractivity contribution < 1.29 is 9.00 Å². The fourth-order valence-electron chi connectivity index (χ4n) is 3.31. The molecule has 4 nitrogen and oxygen atoms in total. The molecule has 30 heavy (non-hydrogen) atoms. The molecule has 0 amide bonds. The van der Waals surface area contributed by atoms with E-state index in [-0.39, 0.29) is 0 Å². The van der Waals surface area contributed by atoms with Crippen LogP contribution in [0.1, 0.15) is 37.7 Å². The molecule has 1 unspecified atom stereocenters. The first-order valence-electron chi connectivity index (χ1n) is 10.4. The number of aromatic nitrogens is 1. The molecule has 0 bridgehead atoms. The van der Waals surface area contributed by atoms with Crippen molar-refractivity contribution in [3.05, 3.63) is 84.7 Å². The largest absolute Gasteiger partial charge is 0.300 e. The van der Waals surface area contributed by atoms with Crippen LogP contribution in [0.5, 0.6) is 0 Å². The highest BCUT2D eigenvalue weighted by Crippen LogP contribution is 2.25. The smallest absolute Gasteiger partial charge is 0.133 e. The number of ketones is 1. The minimum atomic E-state index is -1.26. The lowest BCUT2D eigenvalue weighted by Gasteiger charge is -2.10. The normalized spacial score (nSPS) is 11.9. The molecule has 2 aromatic carbocycles. The van der Waals surface area contributed by atoms with Crippen molar-refractivity contribution >= 4 is 16.8 Å². The van der Waals surface area contributed by atoms with Gasteiger partial charge in [0.15, 0.2) is 0 Å². The number of aryl methyl sites for hydroxylation is 1. The number of nitrogens with zero attached hydrogens (tertiary/aromatic N) is 1. The van der Waals surface area contributed by atoms with Crippen LogP contribution in [0.15, 0.2) is 84.0 Å². The Bertz CT molecular complexity index is 946. The highest BCUT2D eigenvalue weighted by atomic mass is 32.2. The summed E-state index contributed by atoms with van der Waals surface area (Å²) in [4.78, 5) is 16.9. The predicted molar refractivity (Wildman–Crippen MR) is 122 cm³/mol. The van der Waals surface area contributed by atoms with Gasteiger partial charge in [-0.3, -0.25) is 9.78 Å². The molecule has 3 aromatic rings. The summed E-state index contributed by atoms with van der Waals surface area (Å²) in [5.74, 6) is 0.298. The van der Waals surface area contributed by atoms with Crippen LogP contribution in [-0.2, 0) is 22.2 Å². The summed E-state index contributed by atoms with van der Waals surface area (Å²) < 4.78 is 15.9. The molecular weight excluding hydrogens is 392 g/mol. The minimum Gasteiger partial charge on any atom is -0.300 e. The lowest BCUT2D eigenvalue weighted by atomic mass is 10.0. The molecule has 1 heterocycles. The fourth-order valence-corrected chi connectivity index (χ4v) is 4.38. The fraction of sp³-hybridized carbons (Fsp3) is 0.280. The van der Waals surface area contributed by atoms with Gasteiger partial charge in [0.1, 0.15) is 16.8 Å². The number of Topliss-reactive ketones (excluding diaryl/α,β-unsaturated/α-hetero) is 1. The van der Waals surface area contributed by atoms with Crippen LogP contribution < -0.4 is 4.72 Å². The second kappa shape index (κ2) is 12.2. The molecule has 0 fully saturated rings. The minimum absolute atomic E-state index is 0.298. The molecule has 1 N–H and O–H groups in total. The van der Waals surface area contributed by atoms with Crippen LogP contribution in [0.25, 0.3) is 11.1 Å². The Balaban J connectivity index is 1.35. The quantitative estimate of drug-likeness (QED) is 0.414. The number of carbonyl (C=O) groups excluding carboxylic acids is 1. The van der Waals surface area contributed by atoms with Crippen molar-refractivity contribution in [2.45, 2.75) is 43.4 Å². The zero-order chi connectivity index (χ0) is 21.0. The number of pyridine rings is 1. The van der Waals surface area contributed by atoms with Crippen molar-refractivity contribution in [3.8, 4) is 11.1 Å². The molecule has 0 aliphatic heterocycles. The molecule has 0 aliphatic rings. The maximum Gasteiger partial charge on any atom is 0.133 e. The van der Waals surface area contributed by atoms with E-state index in [1.165, 1.54) is 0 Å². The Kier molecular flexibility index (Phi) is 8.94. The number of hydrogen-bond acceptors (Lipinski definition) is 3. The average Bonchev–Trinajstić information content (AvgIpc) is 2.81. The van der Waals surface area contributed by atoms with Gasteiger partial charge in [-0.15, -0.1) is 0 Å². The van der Waals surface area contributed by atoms with E-state index in [0.29, 0.717) is 25.2 Å². The summed E-state index contributed by atoms with van der Waals surface area (Å²) in [6, 6.07) is 21.7. The molecule has 1 atom stereocenters. The van der Waals surface area contributed by atoms with E-state index < -0.39 is 11.0 Å². The summed E-state index contributed by atoms with van der Waals surface area (Å²) >= 11 is 0. The van der Waals surface area contributed by atoms with Gasteiger partial charge in [-0.25, -0.2) is 8.93 Å². The Morgan fingerprint density at radius 3 is 2.47 bits per heavy atom. The number of nitrogens with one attached hydrogen (secondary N) is 1. The van der Waals surface area contributed by atoms with Gasteiger partial charge in [-0.1, -0.05) is 61.0 Å². The van der Waals surface area contributed by atoms with Gasteiger partial charge >= 0.3 is 0 Å². The summed E-state index contributed by atoms with van der Waals surface area (Å²) in [5, 5.41) is 0. The maximum atomic E-state index is 12.7. The summed E-state index contributed by atoms with van der Waals surface area (Å²) in [7, 11) is -1.26. The van der Waals surface area contributed by atoms with Gasteiger partial charge in [-0.05, 0) is 48.1 Å². The monoisotopic (exact) mass is 420 g/mol. The molecule has 0 saturated heterocycles. The molecule has 0 saturated carbocycles. The van der Waals surface area contributed by atoms with Gasteiger partial charge in [0, 0.05) is 31.8 Å². The highest BCUT2D eigenvalue weighted by Gasteiger charge is 2.10. The van der Waals surface area contributed by atoms with Crippen LogP contribution in [0, 0.1) is 0 Å². The molecule has 0 spiro atoms. The molecule has 0 radical (unpaired) electrons. The number of unbranched alkanes of at least 4 members (excludes halogenated alkanes) is 2. The van der Waals surface area contributed by atoms with Crippen molar-refractivity contribution in [2.24, 2.45) is 0 Å². The third-order valence-corrected chi connectivity index (χ3v) is 6.17.